The predicted molar refractivity (Wildman–Crippen MR) is 424 cm³/mol. The van der Waals surface area contributed by atoms with Gasteiger partial charge in [0.15, 0.2) is 75.4 Å². The van der Waals surface area contributed by atoms with Crippen LogP contribution in [0, 0.1) is 20.8 Å². The molecule has 0 radical (unpaired) electrons. The number of nitrogens with zero attached hydrogens (tertiary/aromatic N) is 14. The second-order valence-electron chi connectivity index (χ2n) is 30.5. The molecule has 4 fully saturated rings. The summed E-state index contributed by atoms with van der Waals surface area (Å²) < 4.78 is 36.1. The number of hydrogen-bond acceptors (Lipinski definition) is 28. The maximum atomic E-state index is 12.2. The van der Waals surface area contributed by atoms with Crippen molar-refractivity contribution < 1.29 is 64.5 Å². The van der Waals surface area contributed by atoms with E-state index < -0.39 is 126 Å². The number of H-pyrrole nitrogens is 2. The molecule has 0 saturated carbocycles. The fourth-order valence-electron chi connectivity index (χ4n) is 12.8. The van der Waals surface area contributed by atoms with Crippen LogP contribution in [0.2, 0.25) is 0 Å². The van der Waals surface area contributed by atoms with Crippen LogP contribution in [0.4, 0.5) is 17.7 Å². The first-order chi connectivity index (χ1) is 49.6. The number of fused-ring (bicyclic) bond motifs is 4. The lowest BCUT2D eigenvalue weighted by Crippen LogP contribution is -2.32. The van der Waals surface area contributed by atoms with Crippen LogP contribution in [-0.2, 0) is 25.4 Å². The van der Waals surface area contributed by atoms with Crippen LogP contribution in [0.25, 0.3) is 44.7 Å². The Bertz CT molecular complexity index is 4690. The molecule has 106 heavy (non-hydrogen) atoms. The van der Waals surface area contributed by atoms with E-state index in [0.29, 0.717) is 107 Å². The Balaban J connectivity index is 0.000000164. The number of imidazole rings is 4. The van der Waals surface area contributed by atoms with Crippen molar-refractivity contribution in [1.82, 2.24) is 78.1 Å². The second-order valence-corrected chi connectivity index (χ2v) is 47.8. The van der Waals surface area contributed by atoms with E-state index >= 15 is 0 Å². The summed E-state index contributed by atoms with van der Waals surface area (Å²) in [6, 6.07) is 0. The summed E-state index contributed by atoms with van der Waals surface area (Å²) in [5, 5.41) is 87.1. The van der Waals surface area contributed by atoms with Gasteiger partial charge < -0.3 is 91.3 Å². The van der Waals surface area contributed by atoms with Gasteiger partial charge in [0.25, 0.3) is 11.1 Å². The highest BCUT2D eigenvalue weighted by atomic mass is 31.2. The largest absolute Gasteiger partial charge is 0.476 e. The molecular weight excluding hydrogens is 1450 g/mol. The molecule has 0 amide bonds. The van der Waals surface area contributed by atoms with Gasteiger partial charge in [-0.15, -0.1) is 52.7 Å². The highest BCUT2D eigenvalue weighted by Gasteiger charge is 2.48. The molecule has 8 aromatic heterocycles. The number of aliphatic hydroxyl groups is 8. The van der Waals surface area contributed by atoms with Crippen molar-refractivity contribution in [2.75, 3.05) is 108 Å². The van der Waals surface area contributed by atoms with E-state index in [4.69, 9.17) is 35.2 Å². The minimum Gasteiger partial charge on any atom is -0.476 e. The summed E-state index contributed by atoms with van der Waals surface area (Å²) in [5.41, 5.74) is 14.0. The van der Waals surface area contributed by atoms with Gasteiger partial charge in [-0.1, -0.05) is 27.2 Å². The summed E-state index contributed by atoms with van der Waals surface area (Å²) >= 11 is 0. The third kappa shape index (κ3) is 19.8. The number of anilines is 3. The van der Waals surface area contributed by atoms with Crippen molar-refractivity contribution in [2.45, 2.75) is 191 Å². The van der Waals surface area contributed by atoms with Gasteiger partial charge in [0.1, 0.15) is 72.1 Å². The van der Waals surface area contributed by atoms with E-state index in [1.54, 1.807) is 39.0 Å². The molecule has 8 aromatic rings. The Morgan fingerprint density at radius 1 is 0.491 bits per heavy atom. The highest BCUT2D eigenvalue weighted by molar-refractivity contribution is 7.73. The zero-order chi connectivity index (χ0) is 78.0. The van der Waals surface area contributed by atoms with Crippen molar-refractivity contribution in [2.24, 2.45) is 0 Å². The van der Waals surface area contributed by atoms with Gasteiger partial charge in [-0.2, -0.15) is 19.9 Å². The van der Waals surface area contributed by atoms with Crippen LogP contribution in [0.3, 0.4) is 0 Å². The number of nitrogens with one attached hydrogen (secondary N) is 3. The first-order valence-electron chi connectivity index (χ1n) is 35.7. The Morgan fingerprint density at radius 2 is 0.877 bits per heavy atom. The number of hydrogen-bond donors (Lipinski definition) is 13. The maximum absolute atomic E-state index is 12.2. The molecule has 0 bridgehead atoms. The third-order valence-electron chi connectivity index (χ3n) is 18.5. The Morgan fingerprint density at radius 3 is 1.30 bits per heavy atom. The van der Waals surface area contributed by atoms with Crippen LogP contribution >= 0.6 is 27.5 Å². The zero-order valence-electron chi connectivity index (χ0n) is 63.3. The van der Waals surface area contributed by atoms with E-state index in [2.05, 4.69) is 151 Å². The van der Waals surface area contributed by atoms with Crippen molar-refractivity contribution in [3.63, 3.8) is 0 Å². The van der Waals surface area contributed by atoms with E-state index in [-0.39, 0.29) is 34.0 Å². The molecule has 12 rings (SSSR count). The summed E-state index contributed by atoms with van der Waals surface area (Å²) in [6.45, 7) is 24.3. The van der Waals surface area contributed by atoms with Gasteiger partial charge in [-0.25, -0.2) is 29.9 Å². The van der Waals surface area contributed by atoms with E-state index in [1.807, 2.05) is 13.8 Å². The minimum atomic E-state index is -1.26. The van der Waals surface area contributed by atoms with Crippen LogP contribution < -0.4 is 32.6 Å². The third-order valence-corrected chi connectivity index (χ3v) is 24.4. The molecule has 4 aliphatic rings. The van der Waals surface area contributed by atoms with Gasteiger partial charge in [-0.3, -0.25) is 27.9 Å². The fourth-order valence-corrected chi connectivity index (χ4v) is 16.6. The molecule has 0 aliphatic carbocycles. The van der Waals surface area contributed by atoms with Gasteiger partial charge in [0.05, 0.1) is 43.7 Å². The van der Waals surface area contributed by atoms with E-state index in [1.165, 1.54) is 12.7 Å². The molecule has 4 aliphatic heterocycles. The van der Waals surface area contributed by atoms with Gasteiger partial charge in [0.2, 0.25) is 17.8 Å². The number of nitrogen functional groups attached to an aromatic ring is 2. The summed E-state index contributed by atoms with van der Waals surface area (Å²) in [7, 11) is 0. The topological polar surface area (TPSA) is 486 Å². The SMILES string of the molecule is C=P(C)(C)CC[C@H]1OC(n2c(C)nc3c(=O)[nH]c(C)nc32)[C@H](O)[C@@H]1O.C=P(C)(C)CC[C@H]1OC(n2c(CC)nc3c(=O)[nH]c(C)nc32)[C@H](O)[C@@H]1O.C=P(C)(C)CC[C@H]1OC(n2cnc3c(NCCC)nc(N)nc32)[C@H](O)[C@@H]1O.C=P(C)(C)CC[C@H]1OC(n2cnc3c(OCCCC)nc(N)nc32)[C@H](O)[C@@H]1O. The molecule has 4 saturated heterocycles. The normalized spacial score (nSPS) is 26.3. The number of aryl methyl sites for hydroxylation is 4. The fraction of sp³-hybridized carbons (Fsp3) is 0.647. The monoisotopic (exact) mass is 1560 g/mol. The molecule has 38 heteroatoms. The van der Waals surface area contributed by atoms with Crippen LogP contribution in [0.15, 0.2) is 22.2 Å². The Kier molecular flexibility index (Phi) is 27.1. The second kappa shape index (κ2) is 34.3. The Labute approximate surface area is 616 Å². The molecule has 0 spiro atoms. The summed E-state index contributed by atoms with van der Waals surface area (Å²) in [5.74, 6) is 3.01. The van der Waals surface area contributed by atoms with Gasteiger partial charge >= 0.3 is 0 Å². The quantitative estimate of drug-likeness (QED) is 0.0304. The van der Waals surface area contributed by atoms with Crippen molar-refractivity contribution in [1.29, 1.82) is 0 Å². The average molecular weight is 1560 g/mol. The molecule has 34 nitrogen and oxygen atoms in total. The van der Waals surface area contributed by atoms with Crippen LogP contribution in [0.1, 0.15) is 114 Å². The lowest BCUT2D eigenvalue weighted by molar-refractivity contribution is -0.0367. The standard InChI is InChI=1S/C18H30N5O4P.C17H29N6O3P.C17H27N4O4P.C16H25N4O4P/c1-5-6-8-26-16-12-15(21-18(19)22-16)23(10-20-12)17-14(25)13(24)11(27-17)7-9-28(2,3)4;1-5-7-19-14-11-15(22-17(18)21-14)23(9-20-11)16-13(25)12(24)10(26-16)6-8-27(2,3)4;1-6-11-20-12-15(18-9(2)19-16(12)24)21(11)17-14(23)13(22)10(25-17)7-8-26(3,4)5;1-8-17-14-11(15(23)18-8)19-9(2)20(14)16-13(22)12(21)10(24-16)6-7-25(3,4)5/h10-11,13-14,17,24-25H,2,5-9H2,1,3-4H3,(H2,19,21,22);9-10,12-13,16,24-25H,2,5-8H2,1,3-4H3,(H3,18,19,21,22);10,13-14,17,22-23H,3,6-8H2,1-2,4-5H3,(H,18,19,24);10,12-13,16,21-22H,3,6-7H2,1-2,4-5H3,(H,17,18,23)/t11-,13-,14-,17?;10-,12-,13-,16?;10-,13-,14-,17?;10-,12-,13-,16?/m1111/s1. The van der Waals surface area contributed by atoms with Gasteiger partial charge in [0, 0.05) is 13.0 Å². The van der Waals surface area contributed by atoms with Crippen LogP contribution in [0.5, 0.6) is 5.88 Å². The molecule has 4 unspecified atom stereocenters. The minimum absolute atomic E-state index is 0.0499. The van der Waals surface area contributed by atoms with Crippen molar-refractivity contribution >= 4 is 115 Å². The van der Waals surface area contributed by atoms with E-state index in [0.717, 1.165) is 50.5 Å². The highest BCUT2D eigenvalue weighted by Crippen LogP contribution is 2.45. The first-order valence-corrected chi connectivity index (χ1v) is 47.9. The number of nitrogens with two attached hydrogens (primary N) is 2. The molecule has 0 aromatic carbocycles. The van der Waals surface area contributed by atoms with E-state index in [9.17, 15) is 50.4 Å². The number of aromatic nitrogens is 16. The summed E-state index contributed by atoms with van der Waals surface area (Å²) in [4.78, 5) is 72.4. The van der Waals surface area contributed by atoms with Crippen molar-refractivity contribution in [3.8, 4) is 5.88 Å². The first kappa shape index (κ1) is 83.8. The van der Waals surface area contributed by atoms with Gasteiger partial charge in [-0.05, 0) is 137 Å². The lowest BCUT2D eigenvalue weighted by atomic mass is 10.1. The Hall–Kier alpha value is -6.28. The van der Waals surface area contributed by atoms with Crippen molar-refractivity contribution in [3.05, 3.63) is 56.7 Å². The molecule has 12 heterocycles. The van der Waals surface area contributed by atoms with Crippen LogP contribution in [-0.4, -0.2) is 308 Å². The number of aromatic amines is 2. The molecule has 588 valence electrons. The molecule has 15 N–H and O–H groups in total. The smallest absolute Gasteiger partial charge is 0.279 e. The maximum Gasteiger partial charge on any atom is 0.279 e. The average Bonchev–Trinajstić information content (AvgIpc) is 1.61. The number of aliphatic hydroxyl groups excluding tert-OH is 8. The zero-order valence-corrected chi connectivity index (χ0v) is 66.8. The number of ether oxygens (including phenoxy) is 5. The molecular formula is C68H111N19O15P4. The summed E-state index contributed by atoms with van der Waals surface area (Å²) in [6.07, 6.45) is 15.5. The number of unbranched alkanes of at least 4 members (excludes halogenated alkanes) is 1. The molecule has 16 atom stereocenters. The lowest BCUT2D eigenvalue weighted by Gasteiger charge is -2.19. The predicted octanol–water partition coefficient (Wildman–Crippen LogP) is 3.42. The number of rotatable bonds is 24.